The zero-order valence-corrected chi connectivity index (χ0v) is 19.3. The van der Waals surface area contributed by atoms with Crippen LogP contribution in [0.1, 0.15) is 47.4 Å². The average Bonchev–Trinajstić information content (AvgIpc) is 3.29. The monoisotopic (exact) mass is 462 g/mol. The Kier molecular flexibility index (Phi) is 9.47. The largest absolute Gasteiger partial charge is 0.494 e. The van der Waals surface area contributed by atoms with Crippen LogP contribution in [0.4, 0.5) is 6.01 Å². The summed E-state index contributed by atoms with van der Waals surface area (Å²) < 4.78 is 16.2. The van der Waals surface area contributed by atoms with E-state index in [1.54, 1.807) is 19.2 Å². The summed E-state index contributed by atoms with van der Waals surface area (Å²) in [5.74, 6) is 1.61. The molecule has 0 spiro atoms. The number of aliphatic hydroxyl groups is 2. The number of anilines is 1. The summed E-state index contributed by atoms with van der Waals surface area (Å²) in [4.78, 5) is 18.8. The Morgan fingerprint density at radius 1 is 1.30 bits per heavy atom. The van der Waals surface area contributed by atoms with Crippen molar-refractivity contribution in [1.29, 1.82) is 0 Å². The molecule has 0 saturated carbocycles. The molecular formula is C23H34N4O6. The van der Waals surface area contributed by atoms with Crippen molar-refractivity contribution in [1.82, 2.24) is 15.5 Å². The Balaban J connectivity index is 1.37. The van der Waals surface area contributed by atoms with Crippen LogP contribution in [0.25, 0.3) is 0 Å². The maximum absolute atomic E-state index is 12.3. The summed E-state index contributed by atoms with van der Waals surface area (Å²) >= 11 is 0. The minimum absolute atomic E-state index is 0.312. The van der Waals surface area contributed by atoms with Crippen LogP contribution in [-0.4, -0.2) is 72.3 Å². The van der Waals surface area contributed by atoms with Crippen molar-refractivity contribution < 1.29 is 29.0 Å². The summed E-state index contributed by atoms with van der Waals surface area (Å²) in [6.07, 6.45) is 4.20. The van der Waals surface area contributed by atoms with Crippen molar-refractivity contribution in [2.24, 2.45) is 5.92 Å². The van der Waals surface area contributed by atoms with Gasteiger partial charge in [-0.15, -0.1) is 0 Å². The van der Waals surface area contributed by atoms with Gasteiger partial charge in [0.25, 0.3) is 5.91 Å². The predicted octanol–water partition coefficient (Wildman–Crippen LogP) is 1.68. The van der Waals surface area contributed by atoms with Crippen LogP contribution in [0.15, 0.2) is 22.7 Å². The van der Waals surface area contributed by atoms with Gasteiger partial charge in [-0.25, -0.2) is 0 Å². The topological polar surface area (TPSA) is 130 Å². The third-order valence-corrected chi connectivity index (χ3v) is 5.86. The lowest BCUT2D eigenvalue weighted by Gasteiger charge is -2.30. The number of rotatable bonds is 12. The van der Waals surface area contributed by atoms with Crippen LogP contribution in [0.3, 0.4) is 0 Å². The van der Waals surface area contributed by atoms with E-state index >= 15 is 0 Å². The fraction of sp³-hybridized carbons (Fsp3) is 0.609. The molecule has 10 heteroatoms. The number of hydrogen-bond donors (Lipinski definition) is 3. The molecule has 3 rings (SSSR count). The SMILES string of the molecule is COCc1noc(N2CCC(CCCOc3ccc(C(=O)NC(CO)CO)c(C)c3)CC2)n1. The Morgan fingerprint density at radius 3 is 2.73 bits per heavy atom. The number of carbonyl (C=O) groups excluding carboxylic acids is 1. The van der Waals surface area contributed by atoms with E-state index in [9.17, 15) is 4.79 Å². The molecule has 1 saturated heterocycles. The molecule has 33 heavy (non-hydrogen) atoms. The normalized spacial score (nSPS) is 14.6. The lowest BCUT2D eigenvalue weighted by molar-refractivity contribution is 0.0878. The number of nitrogens with zero attached hydrogens (tertiary/aromatic N) is 3. The minimum Gasteiger partial charge on any atom is -0.494 e. The minimum atomic E-state index is -0.667. The first-order chi connectivity index (χ1) is 16.0. The van der Waals surface area contributed by atoms with Crippen molar-refractivity contribution in [3.05, 3.63) is 35.2 Å². The number of piperidine rings is 1. The molecule has 1 aliphatic rings. The molecule has 0 bridgehead atoms. The lowest BCUT2D eigenvalue weighted by atomic mass is 9.92. The number of nitrogens with one attached hydrogen (secondary N) is 1. The van der Waals surface area contributed by atoms with Crippen LogP contribution < -0.4 is 15.0 Å². The van der Waals surface area contributed by atoms with Gasteiger partial charge in [0.1, 0.15) is 12.4 Å². The first kappa shape index (κ1) is 24.9. The Hall–Kier alpha value is -2.69. The molecule has 182 valence electrons. The highest BCUT2D eigenvalue weighted by Crippen LogP contribution is 2.25. The van der Waals surface area contributed by atoms with Crippen LogP contribution >= 0.6 is 0 Å². The lowest BCUT2D eigenvalue weighted by Crippen LogP contribution is -2.40. The zero-order valence-electron chi connectivity index (χ0n) is 19.3. The molecule has 2 aromatic rings. The predicted molar refractivity (Wildman–Crippen MR) is 121 cm³/mol. The number of aromatic nitrogens is 2. The average molecular weight is 463 g/mol. The Labute approximate surface area is 193 Å². The molecule has 1 aromatic carbocycles. The highest BCUT2D eigenvalue weighted by Gasteiger charge is 2.23. The van der Waals surface area contributed by atoms with E-state index < -0.39 is 6.04 Å². The first-order valence-corrected chi connectivity index (χ1v) is 11.4. The van der Waals surface area contributed by atoms with Gasteiger partial charge in [0, 0.05) is 25.8 Å². The van der Waals surface area contributed by atoms with E-state index in [4.69, 9.17) is 24.2 Å². The molecule has 1 aromatic heterocycles. The van der Waals surface area contributed by atoms with Crippen molar-refractivity contribution >= 4 is 11.9 Å². The molecule has 1 fully saturated rings. The van der Waals surface area contributed by atoms with Gasteiger partial charge in [0.15, 0.2) is 5.82 Å². The molecular weight excluding hydrogens is 428 g/mol. The van der Waals surface area contributed by atoms with Gasteiger partial charge < -0.3 is 34.4 Å². The molecule has 10 nitrogen and oxygen atoms in total. The van der Waals surface area contributed by atoms with Crippen molar-refractivity contribution in [2.75, 3.05) is 44.9 Å². The van der Waals surface area contributed by atoms with Crippen LogP contribution in [-0.2, 0) is 11.3 Å². The second-order valence-corrected chi connectivity index (χ2v) is 8.36. The standard InChI is InChI=1S/C23H34N4O6/c1-16-12-19(5-6-20(16)22(30)24-18(13-28)14-29)32-11-3-4-17-7-9-27(10-8-17)23-25-21(15-31-2)26-33-23/h5-6,12,17-18,28-29H,3-4,7-11,13-15H2,1-2H3,(H,24,30). The molecule has 0 aliphatic carbocycles. The van der Waals surface area contributed by atoms with Crippen LogP contribution in [0, 0.1) is 12.8 Å². The molecule has 0 radical (unpaired) electrons. The van der Waals surface area contributed by atoms with Gasteiger partial charge in [-0.3, -0.25) is 4.79 Å². The first-order valence-electron chi connectivity index (χ1n) is 11.4. The maximum Gasteiger partial charge on any atom is 0.324 e. The van der Waals surface area contributed by atoms with Crippen molar-refractivity contribution in [3.63, 3.8) is 0 Å². The highest BCUT2D eigenvalue weighted by molar-refractivity contribution is 5.96. The fourth-order valence-electron chi connectivity index (χ4n) is 3.93. The number of aliphatic hydroxyl groups excluding tert-OH is 2. The molecule has 0 atom stereocenters. The van der Waals surface area contributed by atoms with E-state index in [1.807, 2.05) is 13.0 Å². The van der Waals surface area contributed by atoms with E-state index in [0.29, 0.717) is 36.5 Å². The summed E-state index contributed by atoms with van der Waals surface area (Å²) in [6.45, 7) is 3.98. The van der Waals surface area contributed by atoms with Crippen molar-refractivity contribution in [2.45, 2.75) is 45.3 Å². The van der Waals surface area contributed by atoms with E-state index in [2.05, 4.69) is 20.4 Å². The number of ether oxygens (including phenoxy) is 2. The third-order valence-electron chi connectivity index (χ3n) is 5.86. The van der Waals surface area contributed by atoms with E-state index in [1.165, 1.54) is 0 Å². The van der Waals surface area contributed by atoms with Crippen LogP contribution in [0.5, 0.6) is 5.75 Å². The van der Waals surface area contributed by atoms with Crippen LogP contribution in [0.2, 0.25) is 0 Å². The number of carbonyl (C=O) groups is 1. The quantitative estimate of drug-likeness (QED) is 0.403. The second kappa shape index (κ2) is 12.5. The number of amides is 1. The molecule has 1 amide bonds. The second-order valence-electron chi connectivity index (χ2n) is 8.36. The van der Waals surface area contributed by atoms with E-state index in [0.717, 1.165) is 50.1 Å². The Morgan fingerprint density at radius 2 is 2.06 bits per heavy atom. The Bertz CT molecular complexity index is 878. The molecule has 0 unspecified atom stereocenters. The van der Waals surface area contributed by atoms with Gasteiger partial charge in [-0.2, -0.15) is 4.98 Å². The van der Waals surface area contributed by atoms with Gasteiger partial charge >= 0.3 is 6.01 Å². The smallest absolute Gasteiger partial charge is 0.324 e. The summed E-state index contributed by atoms with van der Waals surface area (Å²) in [7, 11) is 1.61. The van der Waals surface area contributed by atoms with Gasteiger partial charge in [-0.05, 0) is 62.3 Å². The number of aryl methyl sites for hydroxylation is 1. The fourth-order valence-corrected chi connectivity index (χ4v) is 3.93. The number of methoxy groups -OCH3 is 1. The van der Waals surface area contributed by atoms with Gasteiger partial charge in [0.2, 0.25) is 0 Å². The highest BCUT2D eigenvalue weighted by atomic mass is 16.5. The molecule has 3 N–H and O–H groups in total. The summed E-state index contributed by atoms with van der Waals surface area (Å²) in [6, 6.07) is 5.22. The summed E-state index contributed by atoms with van der Waals surface area (Å²) in [5, 5.41) is 24.8. The molecule has 1 aliphatic heterocycles. The maximum atomic E-state index is 12.3. The van der Waals surface area contributed by atoms with Gasteiger partial charge in [-0.1, -0.05) is 5.16 Å². The summed E-state index contributed by atoms with van der Waals surface area (Å²) in [5.41, 5.74) is 1.28. The van der Waals surface area contributed by atoms with Crippen molar-refractivity contribution in [3.8, 4) is 5.75 Å². The third kappa shape index (κ3) is 7.15. The van der Waals surface area contributed by atoms with E-state index in [-0.39, 0.29) is 19.1 Å². The number of hydrogen-bond acceptors (Lipinski definition) is 9. The number of benzene rings is 1. The van der Waals surface area contributed by atoms with Gasteiger partial charge in [0.05, 0.1) is 25.9 Å². The zero-order chi connectivity index (χ0) is 23.6. The molecule has 2 heterocycles.